The molecular formula is C22H29N3O6S. The van der Waals surface area contributed by atoms with Gasteiger partial charge in [-0.15, -0.1) is 0 Å². The number of hydrazone groups is 1. The van der Waals surface area contributed by atoms with Crippen LogP contribution in [0.5, 0.6) is 17.2 Å². The number of benzene rings is 2. The molecule has 10 heteroatoms. The number of anilines is 1. The number of hydrogen-bond acceptors (Lipinski definition) is 7. The third kappa shape index (κ3) is 6.13. The topological polar surface area (TPSA) is 107 Å². The zero-order valence-corrected chi connectivity index (χ0v) is 19.9. The van der Waals surface area contributed by atoms with Gasteiger partial charge in [0, 0.05) is 5.56 Å². The molecule has 32 heavy (non-hydrogen) atoms. The minimum atomic E-state index is -3.74. The summed E-state index contributed by atoms with van der Waals surface area (Å²) in [6, 6.07) is 10.7. The SMILES string of the molecule is CCOc1ccc(N([C@H](C)C(=O)N/N=C(/C)c2ccc(OC)c(OC)c2)S(C)(=O)=O)cc1. The Bertz CT molecular complexity index is 1070. The number of amides is 1. The normalized spacial score (nSPS) is 12.6. The average Bonchev–Trinajstić information content (AvgIpc) is 2.77. The van der Waals surface area contributed by atoms with Crippen LogP contribution in [0.3, 0.4) is 0 Å². The molecule has 0 aliphatic carbocycles. The summed E-state index contributed by atoms with van der Waals surface area (Å²) in [5.74, 6) is 1.12. The molecule has 0 aliphatic heterocycles. The highest BCUT2D eigenvalue weighted by Gasteiger charge is 2.29. The van der Waals surface area contributed by atoms with E-state index in [2.05, 4.69) is 10.5 Å². The number of ether oxygens (including phenoxy) is 3. The van der Waals surface area contributed by atoms with E-state index in [4.69, 9.17) is 14.2 Å². The van der Waals surface area contributed by atoms with Gasteiger partial charge in [-0.3, -0.25) is 9.10 Å². The van der Waals surface area contributed by atoms with Gasteiger partial charge in [-0.2, -0.15) is 5.10 Å². The summed E-state index contributed by atoms with van der Waals surface area (Å²) in [5.41, 5.74) is 4.02. The Kier molecular flexibility index (Phi) is 8.48. The van der Waals surface area contributed by atoms with Gasteiger partial charge >= 0.3 is 0 Å². The van der Waals surface area contributed by atoms with E-state index in [0.717, 1.165) is 10.6 Å². The molecule has 0 radical (unpaired) electrons. The fourth-order valence-electron chi connectivity index (χ4n) is 3.02. The molecular weight excluding hydrogens is 434 g/mol. The van der Waals surface area contributed by atoms with E-state index in [0.29, 0.717) is 40.8 Å². The molecule has 0 aromatic heterocycles. The Morgan fingerprint density at radius 1 is 1.09 bits per heavy atom. The molecule has 0 unspecified atom stereocenters. The van der Waals surface area contributed by atoms with E-state index < -0.39 is 22.0 Å². The molecule has 2 rings (SSSR count). The number of carbonyl (C=O) groups is 1. The number of nitrogens with zero attached hydrogens (tertiary/aromatic N) is 2. The quantitative estimate of drug-likeness (QED) is 0.429. The zero-order chi connectivity index (χ0) is 23.9. The second-order valence-corrected chi connectivity index (χ2v) is 8.76. The van der Waals surface area contributed by atoms with Crippen LogP contribution in [0.4, 0.5) is 5.69 Å². The van der Waals surface area contributed by atoms with E-state index in [-0.39, 0.29) is 0 Å². The van der Waals surface area contributed by atoms with E-state index in [9.17, 15) is 13.2 Å². The van der Waals surface area contributed by atoms with Crippen LogP contribution in [0, 0.1) is 0 Å². The number of rotatable bonds is 10. The van der Waals surface area contributed by atoms with Gasteiger partial charge < -0.3 is 14.2 Å². The van der Waals surface area contributed by atoms with Crippen LogP contribution in [-0.4, -0.2) is 53.2 Å². The van der Waals surface area contributed by atoms with E-state index in [1.807, 2.05) is 6.92 Å². The van der Waals surface area contributed by atoms with Crippen molar-refractivity contribution in [3.63, 3.8) is 0 Å². The summed E-state index contributed by atoms with van der Waals surface area (Å²) >= 11 is 0. The molecule has 9 nitrogen and oxygen atoms in total. The number of nitrogens with one attached hydrogen (secondary N) is 1. The molecule has 2 aromatic carbocycles. The molecule has 0 aliphatic rings. The van der Waals surface area contributed by atoms with Gasteiger partial charge in [-0.25, -0.2) is 13.8 Å². The van der Waals surface area contributed by atoms with Crippen LogP contribution in [0.1, 0.15) is 26.3 Å². The predicted molar refractivity (Wildman–Crippen MR) is 124 cm³/mol. The predicted octanol–water partition coefficient (Wildman–Crippen LogP) is 2.80. The Morgan fingerprint density at radius 3 is 2.25 bits per heavy atom. The smallest absolute Gasteiger partial charge is 0.263 e. The van der Waals surface area contributed by atoms with Crippen LogP contribution in [0.15, 0.2) is 47.6 Å². The standard InChI is InChI=1S/C22H29N3O6S/c1-7-31-19-11-9-18(10-12-19)25(32(6,27)28)16(3)22(26)24-23-15(2)17-8-13-20(29-4)21(14-17)30-5/h8-14,16H,7H2,1-6H3,(H,24,26)/b23-15-/t16-/m1/s1. The van der Waals surface area contributed by atoms with Gasteiger partial charge in [0.2, 0.25) is 10.0 Å². The summed E-state index contributed by atoms with van der Waals surface area (Å²) in [6.07, 6.45) is 1.05. The summed E-state index contributed by atoms with van der Waals surface area (Å²) < 4.78 is 41.8. The monoisotopic (exact) mass is 463 g/mol. The van der Waals surface area contributed by atoms with Crippen molar-refractivity contribution in [1.29, 1.82) is 0 Å². The van der Waals surface area contributed by atoms with E-state index in [1.165, 1.54) is 21.1 Å². The first-order valence-electron chi connectivity index (χ1n) is 9.91. The lowest BCUT2D eigenvalue weighted by molar-refractivity contribution is -0.121. The van der Waals surface area contributed by atoms with Gasteiger partial charge in [-0.05, 0) is 63.2 Å². The highest BCUT2D eigenvalue weighted by molar-refractivity contribution is 7.92. The molecule has 2 aromatic rings. The van der Waals surface area contributed by atoms with E-state index >= 15 is 0 Å². The third-order valence-corrected chi connectivity index (χ3v) is 5.87. The summed E-state index contributed by atoms with van der Waals surface area (Å²) in [7, 11) is -0.676. The van der Waals surface area contributed by atoms with Gasteiger partial charge in [0.05, 0.1) is 38.5 Å². The van der Waals surface area contributed by atoms with Crippen molar-refractivity contribution in [2.45, 2.75) is 26.8 Å². The molecule has 0 saturated heterocycles. The van der Waals surface area contributed by atoms with Crippen molar-refractivity contribution in [2.75, 3.05) is 31.4 Å². The first-order valence-corrected chi connectivity index (χ1v) is 11.8. The average molecular weight is 464 g/mol. The first-order chi connectivity index (χ1) is 15.1. The van der Waals surface area contributed by atoms with Gasteiger partial charge in [-0.1, -0.05) is 0 Å². The number of sulfonamides is 1. The van der Waals surface area contributed by atoms with Crippen LogP contribution in [0.2, 0.25) is 0 Å². The summed E-state index contributed by atoms with van der Waals surface area (Å²) in [5, 5.41) is 4.12. The zero-order valence-electron chi connectivity index (χ0n) is 19.1. The Labute approximate surface area is 189 Å². The maximum atomic E-state index is 12.7. The number of carbonyl (C=O) groups excluding carboxylic acids is 1. The number of hydrogen-bond donors (Lipinski definition) is 1. The molecule has 0 fully saturated rings. The molecule has 0 heterocycles. The van der Waals surface area contributed by atoms with Crippen molar-refractivity contribution >= 4 is 27.3 Å². The van der Waals surface area contributed by atoms with Crippen molar-refractivity contribution in [1.82, 2.24) is 5.43 Å². The molecule has 0 saturated carbocycles. The van der Waals surface area contributed by atoms with Crippen molar-refractivity contribution < 1.29 is 27.4 Å². The van der Waals surface area contributed by atoms with Crippen LogP contribution < -0.4 is 23.9 Å². The van der Waals surface area contributed by atoms with Crippen LogP contribution >= 0.6 is 0 Å². The fraction of sp³-hybridized carbons (Fsp3) is 0.364. The highest BCUT2D eigenvalue weighted by Crippen LogP contribution is 2.28. The molecule has 1 atom stereocenters. The Morgan fingerprint density at radius 2 is 1.72 bits per heavy atom. The minimum absolute atomic E-state index is 0.346. The largest absolute Gasteiger partial charge is 0.494 e. The molecule has 1 amide bonds. The van der Waals surface area contributed by atoms with Crippen molar-refractivity contribution in [2.24, 2.45) is 5.10 Å². The lowest BCUT2D eigenvalue weighted by Gasteiger charge is -2.27. The first kappa shape index (κ1) is 25.0. The Balaban J connectivity index is 2.22. The van der Waals surface area contributed by atoms with Gasteiger partial charge in [0.25, 0.3) is 5.91 Å². The van der Waals surface area contributed by atoms with Crippen molar-refractivity contribution in [3.8, 4) is 17.2 Å². The lowest BCUT2D eigenvalue weighted by atomic mass is 10.1. The molecule has 0 bridgehead atoms. The number of methoxy groups -OCH3 is 2. The molecule has 174 valence electrons. The second-order valence-electron chi connectivity index (χ2n) is 6.90. The molecule has 1 N–H and O–H groups in total. The van der Waals surface area contributed by atoms with Crippen molar-refractivity contribution in [3.05, 3.63) is 48.0 Å². The maximum absolute atomic E-state index is 12.7. The van der Waals surface area contributed by atoms with E-state index in [1.54, 1.807) is 49.4 Å². The maximum Gasteiger partial charge on any atom is 0.263 e. The van der Waals surface area contributed by atoms with Gasteiger partial charge in [0.15, 0.2) is 11.5 Å². The summed E-state index contributed by atoms with van der Waals surface area (Å²) in [4.78, 5) is 12.7. The second kappa shape index (κ2) is 10.9. The fourth-order valence-corrected chi connectivity index (χ4v) is 4.20. The lowest BCUT2D eigenvalue weighted by Crippen LogP contribution is -2.46. The van der Waals surface area contributed by atoms with Crippen LogP contribution in [0.25, 0.3) is 0 Å². The third-order valence-electron chi connectivity index (χ3n) is 4.63. The van der Waals surface area contributed by atoms with Gasteiger partial charge in [0.1, 0.15) is 11.8 Å². The Hall–Kier alpha value is -3.27. The summed E-state index contributed by atoms with van der Waals surface area (Å²) in [6.45, 7) is 5.56. The molecule has 0 spiro atoms. The highest BCUT2D eigenvalue weighted by atomic mass is 32.2. The van der Waals surface area contributed by atoms with Crippen LogP contribution in [-0.2, 0) is 14.8 Å². The minimum Gasteiger partial charge on any atom is -0.494 e.